The summed E-state index contributed by atoms with van der Waals surface area (Å²) in [5, 5.41) is 0. The van der Waals surface area contributed by atoms with Gasteiger partial charge in [0.15, 0.2) is 0 Å². The molecule has 3 nitrogen and oxygen atoms in total. The Kier molecular flexibility index (Phi) is 4.74. The number of aryl methyl sites for hydroxylation is 1. The molecule has 0 radical (unpaired) electrons. The van der Waals surface area contributed by atoms with Gasteiger partial charge in [-0.05, 0) is 55.1 Å². The van der Waals surface area contributed by atoms with Crippen LogP contribution in [0.4, 0.5) is 0 Å². The number of rotatable bonds is 5. The Bertz CT molecular complexity index is 598. The van der Waals surface area contributed by atoms with Crippen molar-refractivity contribution in [3.63, 3.8) is 0 Å². The second-order valence-electron chi connectivity index (χ2n) is 5.88. The van der Waals surface area contributed by atoms with E-state index in [2.05, 4.69) is 47.1 Å². The number of hydrogen-bond acceptors (Lipinski definition) is 3. The molecule has 1 aliphatic rings. The lowest BCUT2D eigenvalue weighted by atomic mass is 9.86. The van der Waals surface area contributed by atoms with Gasteiger partial charge in [0.2, 0.25) is 0 Å². The molecular weight excluding hydrogens is 272 g/mol. The second kappa shape index (κ2) is 6.93. The van der Waals surface area contributed by atoms with Crippen LogP contribution < -0.4 is 4.74 Å². The van der Waals surface area contributed by atoms with Crippen molar-refractivity contribution < 1.29 is 4.74 Å². The maximum absolute atomic E-state index is 5.56. The molecule has 0 saturated carbocycles. The lowest BCUT2D eigenvalue weighted by molar-refractivity contribution is 0.177. The van der Waals surface area contributed by atoms with Crippen molar-refractivity contribution in [2.75, 3.05) is 13.7 Å². The van der Waals surface area contributed by atoms with Crippen LogP contribution in [-0.4, -0.2) is 29.6 Å². The minimum atomic E-state index is 0.566. The van der Waals surface area contributed by atoms with Gasteiger partial charge in [-0.1, -0.05) is 25.1 Å². The van der Waals surface area contributed by atoms with Crippen molar-refractivity contribution in [3.05, 3.63) is 59.4 Å². The highest BCUT2D eigenvalue weighted by molar-refractivity contribution is 5.42. The van der Waals surface area contributed by atoms with E-state index in [-0.39, 0.29) is 0 Å². The van der Waals surface area contributed by atoms with Crippen LogP contribution in [-0.2, 0) is 19.4 Å². The molecule has 3 heteroatoms. The van der Waals surface area contributed by atoms with Gasteiger partial charge in [0, 0.05) is 18.8 Å². The molecule has 116 valence electrons. The number of ether oxygens (including phenoxy) is 1. The summed E-state index contributed by atoms with van der Waals surface area (Å²) in [5.74, 6) is 1.04. The molecule has 1 aliphatic carbocycles. The molecule has 1 heterocycles. The number of fused-ring (bicyclic) bond motifs is 1. The molecular formula is C19H24N2O. The van der Waals surface area contributed by atoms with Crippen LogP contribution >= 0.6 is 0 Å². The number of aromatic nitrogens is 1. The highest BCUT2D eigenvalue weighted by Gasteiger charge is 2.25. The molecule has 0 N–H and O–H groups in total. The van der Waals surface area contributed by atoms with Gasteiger partial charge >= 0.3 is 0 Å². The third-order valence-electron chi connectivity index (χ3n) is 4.65. The number of benzene rings is 1. The van der Waals surface area contributed by atoms with Crippen LogP contribution in [0.15, 0.2) is 42.6 Å². The van der Waals surface area contributed by atoms with Crippen molar-refractivity contribution in [3.8, 4) is 5.75 Å². The van der Waals surface area contributed by atoms with E-state index >= 15 is 0 Å². The first kappa shape index (κ1) is 15.0. The SMILES string of the molecule is CCN(Cc1ccccn1)C1CCc2cccc(OC)c2C1. The van der Waals surface area contributed by atoms with Gasteiger partial charge in [-0.25, -0.2) is 0 Å². The minimum absolute atomic E-state index is 0.566. The Morgan fingerprint density at radius 3 is 2.86 bits per heavy atom. The number of pyridine rings is 1. The molecule has 1 aromatic heterocycles. The first-order chi connectivity index (χ1) is 10.8. The Morgan fingerprint density at radius 1 is 1.23 bits per heavy atom. The van der Waals surface area contributed by atoms with E-state index in [0.717, 1.165) is 37.4 Å². The number of methoxy groups -OCH3 is 1. The molecule has 0 amide bonds. The zero-order valence-corrected chi connectivity index (χ0v) is 13.5. The monoisotopic (exact) mass is 296 g/mol. The van der Waals surface area contributed by atoms with E-state index in [0.29, 0.717) is 6.04 Å². The minimum Gasteiger partial charge on any atom is -0.496 e. The Morgan fingerprint density at radius 2 is 2.14 bits per heavy atom. The fraction of sp³-hybridized carbons (Fsp3) is 0.421. The number of nitrogens with zero attached hydrogens (tertiary/aromatic N) is 2. The zero-order valence-electron chi connectivity index (χ0n) is 13.5. The van der Waals surface area contributed by atoms with Gasteiger partial charge in [0.05, 0.1) is 12.8 Å². The quantitative estimate of drug-likeness (QED) is 0.845. The largest absolute Gasteiger partial charge is 0.496 e. The Labute approximate surface area is 132 Å². The van der Waals surface area contributed by atoms with Crippen molar-refractivity contribution in [2.24, 2.45) is 0 Å². The standard InChI is InChI=1S/C19H24N2O/c1-3-21(14-16-8-4-5-12-20-16)17-11-10-15-7-6-9-19(22-2)18(15)13-17/h4-9,12,17H,3,10-11,13-14H2,1-2H3. The summed E-state index contributed by atoms with van der Waals surface area (Å²) < 4.78 is 5.56. The van der Waals surface area contributed by atoms with Crippen LogP contribution in [0.25, 0.3) is 0 Å². The van der Waals surface area contributed by atoms with Crippen molar-refractivity contribution in [1.82, 2.24) is 9.88 Å². The summed E-state index contributed by atoms with van der Waals surface area (Å²) >= 11 is 0. The van der Waals surface area contributed by atoms with Crippen LogP contribution in [0, 0.1) is 0 Å². The smallest absolute Gasteiger partial charge is 0.122 e. The van der Waals surface area contributed by atoms with E-state index in [1.54, 1.807) is 7.11 Å². The lowest BCUT2D eigenvalue weighted by Crippen LogP contribution is -2.39. The average Bonchev–Trinajstić information content (AvgIpc) is 2.59. The van der Waals surface area contributed by atoms with Gasteiger partial charge in [0.25, 0.3) is 0 Å². The molecule has 0 spiro atoms. The van der Waals surface area contributed by atoms with Gasteiger partial charge in [-0.15, -0.1) is 0 Å². The molecule has 22 heavy (non-hydrogen) atoms. The third-order valence-corrected chi connectivity index (χ3v) is 4.65. The van der Waals surface area contributed by atoms with Crippen LogP contribution in [0.5, 0.6) is 5.75 Å². The highest BCUT2D eigenvalue weighted by Crippen LogP contribution is 2.31. The normalized spacial score (nSPS) is 17.3. The third kappa shape index (κ3) is 3.14. The van der Waals surface area contributed by atoms with Crippen molar-refractivity contribution >= 4 is 0 Å². The predicted molar refractivity (Wildman–Crippen MR) is 89.1 cm³/mol. The van der Waals surface area contributed by atoms with Gasteiger partial charge in [-0.2, -0.15) is 0 Å². The number of hydrogen-bond donors (Lipinski definition) is 0. The summed E-state index contributed by atoms with van der Waals surface area (Å²) in [4.78, 5) is 7.01. The molecule has 1 unspecified atom stereocenters. The van der Waals surface area contributed by atoms with E-state index < -0.39 is 0 Å². The predicted octanol–water partition coefficient (Wildman–Crippen LogP) is 3.47. The van der Waals surface area contributed by atoms with E-state index in [1.807, 2.05) is 12.3 Å². The summed E-state index contributed by atoms with van der Waals surface area (Å²) in [5.41, 5.74) is 3.99. The van der Waals surface area contributed by atoms with E-state index in [1.165, 1.54) is 17.5 Å². The highest BCUT2D eigenvalue weighted by atomic mass is 16.5. The van der Waals surface area contributed by atoms with Crippen LogP contribution in [0.1, 0.15) is 30.2 Å². The summed E-state index contributed by atoms with van der Waals surface area (Å²) in [6.45, 7) is 4.21. The molecule has 1 aromatic carbocycles. The molecule has 1 atom stereocenters. The summed E-state index contributed by atoms with van der Waals surface area (Å²) in [6.07, 6.45) is 5.29. The summed E-state index contributed by atoms with van der Waals surface area (Å²) in [6, 6.07) is 13.1. The fourth-order valence-electron chi connectivity index (χ4n) is 3.44. The molecule has 0 aliphatic heterocycles. The maximum atomic E-state index is 5.56. The Hall–Kier alpha value is -1.87. The molecule has 0 saturated heterocycles. The van der Waals surface area contributed by atoms with E-state index in [4.69, 9.17) is 4.74 Å². The van der Waals surface area contributed by atoms with Crippen molar-refractivity contribution in [2.45, 2.75) is 38.8 Å². The zero-order chi connectivity index (χ0) is 15.4. The lowest BCUT2D eigenvalue weighted by Gasteiger charge is -2.34. The molecule has 3 rings (SSSR count). The van der Waals surface area contributed by atoms with Gasteiger partial charge in [-0.3, -0.25) is 9.88 Å². The molecule has 0 fully saturated rings. The average molecular weight is 296 g/mol. The maximum Gasteiger partial charge on any atom is 0.122 e. The number of likely N-dealkylation sites (N-methyl/N-ethyl adjacent to an activating group) is 1. The topological polar surface area (TPSA) is 25.4 Å². The Balaban J connectivity index is 1.77. The van der Waals surface area contributed by atoms with Crippen LogP contribution in [0.2, 0.25) is 0 Å². The molecule has 0 bridgehead atoms. The fourth-order valence-corrected chi connectivity index (χ4v) is 3.44. The van der Waals surface area contributed by atoms with Crippen molar-refractivity contribution in [1.29, 1.82) is 0 Å². The van der Waals surface area contributed by atoms with Crippen LogP contribution in [0.3, 0.4) is 0 Å². The summed E-state index contributed by atoms with van der Waals surface area (Å²) in [7, 11) is 1.77. The first-order valence-electron chi connectivity index (χ1n) is 8.10. The first-order valence-corrected chi connectivity index (χ1v) is 8.10. The van der Waals surface area contributed by atoms with Gasteiger partial charge < -0.3 is 4.74 Å². The second-order valence-corrected chi connectivity index (χ2v) is 5.88. The molecule has 2 aromatic rings. The van der Waals surface area contributed by atoms with Gasteiger partial charge in [0.1, 0.15) is 5.75 Å². The van der Waals surface area contributed by atoms with E-state index in [9.17, 15) is 0 Å².